The average molecular weight is 362 g/mol. The van der Waals surface area contributed by atoms with Gasteiger partial charge in [0.2, 0.25) is 0 Å². The molecule has 0 atom stereocenters. The van der Waals surface area contributed by atoms with Gasteiger partial charge in [-0.15, -0.1) is 0 Å². The van der Waals surface area contributed by atoms with E-state index in [0.29, 0.717) is 24.3 Å². The van der Waals surface area contributed by atoms with Crippen LogP contribution >= 0.6 is 0 Å². The number of amides is 2. The lowest BCUT2D eigenvalue weighted by atomic mass is 9.85. The number of nitrogens with two attached hydrogens (primary N) is 1. The van der Waals surface area contributed by atoms with Crippen LogP contribution in [0.3, 0.4) is 0 Å². The number of primary amides is 1. The van der Waals surface area contributed by atoms with E-state index in [1.54, 1.807) is 12.1 Å². The van der Waals surface area contributed by atoms with Crippen LogP contribution in [-0.2, 0) is 0 Å². The Morgan fingerprint density at radius 2 is 1.54 bits per heavy atom. The third kappa shape index (κ3) is 5.12. The molecule has 3 rings (SSSR count). The Morgan fingerprint density at radius 1 is 0.962 bits per heavy atom. The van der Waals surface area contributed by atoms with Crippen LogP contribution in [0.4, 0.5) is 9.18 Å². The van der Waals surface area contributed by atoms with Crippen molar-refractivity contribution in [2.75, 3.05) is 6.61 Å². The molecule has 144 valence electrons. The highest BCUT2D eigenvalue weighted by Gasteiger charge is 2.32. The summed E-state index contributed by atoms with van der Waals surface area (Å²) in [5.74, 6) is 0.953. The zero-order valence-corrected chi connectivity index (χ0v) is 15.5. The van der Waals surface area contributed by atoms with E-state index in [9.17, 15) is 9.18 Å². The summed E-state index contributed by atoms with van der Waals surface area (Å²) in [4.78, 5) is 14.1. The first-order chi connectivity index (χ1) is 12.6. The van der Waals surface area contributed by atoms with Crippen molar-refractivity contribution in [2.24, 2.45) is 11.7 Å². The van der Waals surface area contributed by atoms with Crippen LogP contribution in [0, 0.1) is 11.7 Å². The van der Waals surface area contributed by atoms with E-state index < -0.39 is 0 Å². The minimum atomic E-state index is -0.247. The molecule has 0 aliphatic heterocycles. The Morgan fingerprint density at radius 3 is 2.12 bits per heavy atom. The summed E-state index contributed by atoms with van der Waals surface area (Å²) >= 11 is 0. The van der Waals surface area contributed by atoms with Gasteiger partial charge in [-0.1, -0.05) is 25.7 Å². The van der Waals surface area contributed by atoms with E-state index in [1.165, 1.54) is 37.8 Å². The lowest BCUT2D eigenvalue weighted by Crippen LogP contribution is -2.51. The molecule has 2 saturated carbocycles. The molecule has 4 nitrogen and oxygen atoms in total. The quantitative estimate of drug-likeness (QED) is 0.760. The van der Waals surface area contributed by atoms with E-state index in [0.717, 1.165) is 38.5 Å². The Labute approximate surface area is 155 Å². The SMILES string of the molecule is NC(=O)N(C1CCCCCC1)C1CCC(COc2ccc(F)cc2)CC1. The van der Waals surface area contributed by atoms with Crippen molar-refractivity contribution in [2.45, 2.75) is 76.3 Å². The maximum atomic E-state index is 12.9. The number of carbonyl (C=O) groups is 1. The van der Waals surface area contributed by atoms with Crippen molar-refractivity contribution in [3.05, 3.63) is 30.1 Å². The Bertz CT molecular complexity index is 562. The number of nitrogens with zero attached hydrogens (tertiary/aromatic N) is 1. The molecule has 26 heavy (non-hydrogen) atoms. The molecule has 0 radical (unpaired) electrons. The van der Waals surface area contributed by atoms with Gasteiger partial charge >= 0.3 is 6.03 Å². The first kappa shape index (κ1) is 19.0. The lowest BCUT2D eigenvalue weighted by Gasteiger charge is -2.40. The topological polar surface area (TPSA) is 55.6 Å². The molecular weight excluding hydrogens is 331 g/mol. The maximum absolute atomic E-state index is 12.9. The van der Waals surface area contributed by atoms with E-state index in [1.807, 2.05) is 4.90 Å². The minimum absolute atomic E-state index is 0.247. The standard InChI is InChI=1S/C21H31FN2O2/c22-17-9-13-20(14-10-17)26-15-16-7-11-19(12-8-16)24(21(23)25)18-5-3-1-2-4-6-18/h9-10,13-14,16,18-19H,1-8,11-12,15H2,(H2,23,25). The molecule has 0 aromatic heterocycles. The normalized spacial score (nSPS) is 24.7. The van der Waals surface area contributed by atoms with Crippen LogP contribution in [0.2, 0.25) is 0 Å². The summed E-state index contributed by atoms with van der Waals surface area (Å²) in [5, 5.41) is 0. The first-order valence-corrected chi connectivity index (χ1v) is 10.1. The maximum Gasteiger partial charge on any atom is 0.315 e. The largest absolute Gasteiger partial charge is 0.493 e. The summed E-state index contributed by atoms with van der Waals surface area (Å²) in [6.45, 7) is 0.651. The smallest absolute Gasteiger partial charge is 0.315 e. The van der Waals surface area contributed by atoms with Crippen LogP contribution in [0.15, 0.2) is 24.3 Å². The molecular formula is C21H31FN2O2. The second kappa shape index (κ2) is 9.24. The fraction of sp³-hybridized carbons (Fsp3) is 0.667. The molecule has 5 heteroatoms. The van der Waals surface area contributed by atoms with Gasteiger partial charge in [0, 0.05) is 12.1 Å². The van der Waals surface area contributed by atoms with Gasteiger partial charge < -0.3 is 15.4 Å². The molecule has 2 N–H and O–H groups in total. The highest BCUT2D eigenvalue weighted by Crippen LogP contribution is 2.32. The molecule has 0 heterocycles. The molecule has 1 aromatic carbocycles. The van der Waals surface area contributed by atoms with Crippen LogP contribution in [-0.4, -0.2) is 29.6 Å². The van der Waals surface area contributed by atoms with E-state index in [2.05, 4.69) is 0 Å². The molecule has 1 aromatic rings. The van der Waals surface area contributed by atoms with Crippen LogP contribution in [0.25, 0.3) is 0 Å². The van der Waals surface area contributed by atoms with Gasteiger partial charge in [0.05, 0.1) is 6.61 Å². The van der Waals surface area contributed by atoms with E-state index in [4.69, 9.17) is 10.5 Å². The van der Waals surface area contributed by atoms with Crippen molar-refractivity contribution >= 4 is 6.03 Å². The third-order valence-electron chi connectivity index (χ3n) is 5.98. The number of rotatable bonds is 5. The summed E-state index contributed by atoms with van der Waals surface area (Å²) in [7, 11) is 0. The molecule has 0 saturated heterocycles. The summed E-state index contributed by atoms with van der Waals surface area (Å²) in [6, 6.07) is 6.53. The number of benzene rings is 1. The Kier molecular flexibility index (Phi) is 6.75. The molecule has 2 aliphatic carbocycles. The van der Waals surface area contributed by atoms with Gasteiger partial charge in [-0.25, -0.2) is 9.18 Å². The van der Waals surface area contributed by atoms with Crippen LogP contribution < -0.4 is 10.5 Å². The summed E-state index contributed by atoms with van der Waals surface area (Å²) in [6.07, 6.45) is 11.2. The van der Waals surface area contributed by atoms with Gasteiger partial charge in [-0.05, 0) is 68.7 Å². The Hall–Kier alpha value is -1.78. The number of hydrogen-bond donors (Lipinski definition) is 1. The van der Waals surface area contributed by atoms with Crippen molar-refractivity contribution < 1.29 is 13.9 Å². The van der Waals surface area contributed by atoms with Crippen LogP contribution in [0.5, 0.6) is 5.75 Å². The van der Waals surface area contributed by atoms with Gasteiger partial charge in [0.15, 0.2) is 0 Å². The molecule has 2 fully saturated rings. The molecule has 0 bridgehead atoms. The molecule has 2 aliphatic rings. The fourth-order valence-electron chi connectivity index (χ4n) is 4.53. The van der Waals surface area contributed by atoms with E-state index in [-0.39, 0.29) is 17.9 Å². The number of urea groups is 1. The highest BCUT2D eigenvalue weighted by molar-refractivity contribution is 5.72. The Balaban J connectivity index is 1.49. The minimum Gasteiger partial charge on any atom is -0.493 e. The monoisotopic (exact) mass is 362 g/mol. The van der Waals surface area contributed by atoms with Crippen molar-refractivity contribution in [1.29, 1.82) is 0 Å². The zero-order chi connectivity index (χ0) is 18.4. The predicted molar refractivity (Wildman–Crippen MR) is 101 cm³/mol. The van der Waals surface area contributed by atoms with Crippen molar-refractivity contribution in [3.63, 3.8) is 0 Å². The van der Waals surface area contributed by atoms with Crippen molar-refractivity contribution in [3.8, 4) is 5.75 Å². The van der Waals surface area contributed by atoms with E-state index >= 15 is 0 Å². The van der Waals surface area contributed by atoms with Gasteiger partial charge in [-0.2, -0.15) is 0 Å². The average Bonchev–Trinajstić information content (AvgIpc) is 2.91. The summed E-state index contributed by atoms with van der Waals surface area (Å²) < 4.78 is 18.8. The number of hydrogen-bond acceptors (Lipinski definition) is 2. The number of carbonyl (C=O) groups excluding carboxylic acids is 1. The predicted octanol–water partition coefficient (Wildman–Crippen LogP) is 4.87. The lowest BCUT2D eigenvalue weighted by molar-refractivity contribution is 0.0996. The van der Waals surface area contributed by atoms with Crippen molar-refractivity contribution in [1.82, 2.24) is 4.90 Å². The number of ether oxygens (including phenoxy) is 1. The molecule has 2 amide bonds. The van der Waals surface area contributed by atoms with Crippen LogP contribution in [0.1, 0.15) is 64.2 Å². The second-order valence-electron chi connectivity index (χ2n) is 7.83. The second-order valence-corrected chi connectivity index (χ2v) is 7.83. The molecule has 0 unspecified atom stereocenters. The molecule has 0 spiro atoms. The zero-order valence-electron chi connectivity index (χ0n) is 15.5. The summed E-state index contributed by atoms with van der Waals surface area (Å²) in [5.41, 5.74) is 5.76. The van der Waals surface area contributed by atoms with Gasteiger partial charge in [0.25, 0.3) is 0 Å². The fourth-order valence-corrected chi connectivity index (χ4v) is 4.53. The third-order valence-corrected chi connectivity index (χ3v) is 5.98. The highest BCUT2D eigenvalue weighted by atomic mass is 19.1. The van der Waals surface area contributed by atoms with Gasteiger partial charge in [-0.3, -0.25) is 0 Å². The number of halogens is 1. The first-order valence-electron chi connectivity index (χ1n) is 10.1. The van der Waals surface area contributed by atoms with Gasteiger partial charge in [0.1, 0.15) is 11.6 Å².